The van der Waals surface area contributed by atoms with Crippen LogP contribution >= 0.6 is 0 Å². The van der Waals surface area contributed by atoms with Gasteiger partial charge < -0.3 is 4.74 Å². The van der Waals surface area contributed by atoms with Crippen LogP contribution in [0.5, 0.6) is 0 Å². The van der Waals surface area contributed by atoms with Crippen LogP contribution in [-0.4, -0.2) is 6.10 Å². The Bertz CT molecular complexity index is 927. The highest BCUT2D eigenvalue weighted by atomic mass is 16.5. The van der Waals surface area contributed by atoms with E-state index in [1.165, 1.54) is 98.4 Å². The second kappa shape index (κ2) is 17.1. The van der Waals surface area contributed by atoms with E-state index in [1.807, 2.05) is 0 Å². The van der Waals surface area contributed by atoms with Crippen molar-refractivity contribution in [1.29, 1.82) is 0 Å². The minimum atomic E-state index is 0.311. The van der Waals surface area contributed by atoms with Crippen LogP contribution in [0.4, 0.5) is 0 Å². The Balaban J connectivity index is 1.29. The van der Waals surface area contributed by atoms with E-state index in [0.29, 0.717) is 12.7 Å². The fourth-order valence-electron chi connectivity index (χ4n) is 4.85. The molecule has 0 saturated heterocycles. The van der Waals surface area contributed by atoms with Gasteiger partial charge in [0.15, 0.2) is 0 Å². The molecule has 3 aromatic rings. The second-order valence-electron chi connectivity index (χ2n) is 10.5. The molecule has 0 aromatic heterocycles. The van der Waals surface area contributed by atoms with E-state index >= 15 is 0 Å². The molecule has 3 aromatic carbocycles. The van der Waals surface area contributed by atoms with Crippen LogP contribution in [0.2, 0.25) is 0 Å². The average Bonchev–Trinajstić information content (AvgIpc) is 2.93. The van der Waals surface area contributed by atoms with Gasteiger partial charge in [-0.25, -0.2) is 0 Å². The third-order valence-corrected chi connectivity index (χ3v) is 7.26. The first kappa shape index (κ1) is 28.2. The highest BCUT2D eigenvalue weighted by Gasteiger charge is 2.04. The van der Waals surface area contributed by atoms with Crippen LogP contribution in [0.1, 0.15) is 101 Å². The SMILES string of the molecule is CCCCCCCCCCc1ccc(-c2ccc(CCCCC(C)OCc3ccccc3)cc2)cc1. The number of rotatable bonds is 18. The molecule has 0 N–H and O–H groups in total. The quantitative estimate of drug-likeness (QED) is 0.163. The van der Waals surface area contributed by atoms with Crippen molar-refractivity contribution in [3.63, 3.8) is 0 Å². The van der Waals surface area contributed by atoms with Crippen LogP contribution in [-0.2, 0) is 24.2 Å². The summed E-state index contributed by atoms with van der Waals surface area (Å²) in [6.07, 6.45) is 17.3. The number of hydrogen-bond acceptors (Lipinski definition) is 1. The maximum atomic E-state index is 6.00. The Labute approximate surface area is 221 Å². The Kier molecular flexibility index (Phi) is 13.4. The molecule has 0 heterocycles. The summed E-state index contributed by atoms with van der Waals surface area (Å²) in [4.78, 5) is 0. The normalized spacial score (nSPS) is 12.1. The average molecular weight is 485 g/mol. The van der Waals surface area contributed by atoms with Gasteiger partial charge in [-0.2, -0.15) is 0 Å². The predicted molar refractivity (Wildman–Crippen MR) is 156 cm³/mol. The standard InChI is InChI=1S/C35H48O/c1-3-4-5-6-7-8-9-11-17-31-21-25-34(26-22-31)35-27-23-32(24-28-35)18-15-14-16-30(2)36-29-33-19-12-10-13-20-33/h10,12-13,19-28,30H,3-9,11,14-18,29H2,1-2H3. The van der Waals surface area contributed by atoms with Crippen molar-refractivity contribution in [2.24, 2.45) is 0 Å². The number of ether oxygens (including phenoxy) is 1. The van der Waals surface area contributed by atoms with Crippen molar-refractivity contribution in [3.8, 4) is 11.1 Å². The van der Waals surface area contributed by atoms with Crippen LogP contribution in [0.3, 0.4) is 0 Å². The van der Waals surface area contributed by atoms with Gasteiger partial charge in [-0.05, 0) is 66.8 Å². The summed E-state index contributed by atoms with van der Waals surface area (Å²) in [6, 6.07) is 28.9. The van der Waals surface area contributed by atoms with E-state index in [0.717, 1.165) is 12.8 Å². The highest BCUT2D eigenvalue weighted by Crippen LogP contribution is 2.22. The molecular weight excluding hydrogens is 436 g/mol. The van der Waals surface area contributed by atoms with E-state index in [9.17, 15) is 0 Å². The Morgan fingerprint density at radius 1 is 0.528 bits per heavy atom. The zero-order valence-corrected chi connectivity index (χ0v) is 22.9. The summed E-state index contributed by atoms with van der Waals surface area (Å²) in [6.45, 7) is 5.19. The van der Waals surface area contributed by atoms with Crippen molar-refractivity contribution in [1.82, 2.24) is 0 Å². The van der Waals surface area contributed by atoms with Crippen molar-refractivity contribution in [2.45, 2.75) is 110 Å². The van der Waals surface area contributed by atoms with E-state index in [-0.39, 0.29) is 0 Å². The molecule has 1 nitrogen and oxygen atoms in total. The predicted octanol–water partition coefficient (Wildman–Crippen LogP) is 10.4. The van der Waals surface area contributed by atoms with E-state index in [4.69, 9.17) is 4.74 Å². The summed E-state index contributed by atoms with van der Waals surface area (Å²) < 4.78 is 6.00. The van der Waals surface area contributed by atoms with Crippen LogP contribution in [0, 0.1) is 0 Å². The molecule has 0 aliphatic rings. The summed E-state index contributed by atoms with van der Waals surface area (Å²) in [5.41, 5.74) is 6.81. The van der Waals surface area contributed by atoms with Crippen LogP contribution in [0.15, 0.2) is 78.9 Å². The monoisotopic (exact) mass is 484 g/mol. The van der Waals surface area contributed by atoms with Crippen LogP contribution < -0.4 is 0 Å². The maximum absolute atomic E-state index is 6.00. The Hall–Kier alpha value is -2.38. The van der Waals surface area contributed by atoms with Gasteiger partial charge in [0.25, 0.3) is 0 Å². The zero-order valence-electron chi connectivity index (χ0n) is 22.9. The zero-order chi connectivity index (χ0) is 25.3. The van der Waals surface area contributed by atoms with E-state index < -0.39 is 0 Å². The molecule has 0 aliphatic carbocycles. The Morgan fingerprint density at radius 2 is 1.03 bits per heavy atom. The molecule has 1 atom stereocenters. The molecule has 194 valence electrons. The van der Waals surface area contributed by atoms with Crippen molar-refractivity contribution in [3.05, 3.63) is 95.6 Å². The first-order valence-corrected chi connectivity index (χ1v) is 14.6. The van der Waals surface area contributed by atoms with Crippen molar-refractivity contribution >= 4 is 0 Å². The summed E-state index contributed by atoms with van der Waals surface area (Å²) >= 11 is 0. The lowest BCUT2D eigenvalue weighted by atomic mass is 9.98. The van der Waals surface area contributed by atoms with Crippen molar-refractivity contribution < 1.29 is 4.74 Å². The molecule has 0 radical (unpaired) electrons. The topological polar surface area (TPSA) is 9.23 Å². The lowest BCUT2D eigenvalue weighted by Gasteiger charge is -2.13. The maximum Gasteiger partial charge on any atom is 0.0720 e. The first-order chi connectivity index (χ1) is 17.7. The molecule has 1 heteroatoms. The fraction of sp³-hybridized carbons (Fsp3) is 0.486. The third-order valence-electron chi connectivity index (χ3n) is 7.26. The molecule has 0 fully saturated rings. The molecule has 36 heavy (non-hydrogen) atoms. The van der Waals surface area contributed by atoms with Gasteiger partial charge in [-0.1, -0.05) is 137 Å². The lowest BCUT2D eigenvalue weighted by molar-refractivity contribution is 0.0460. The van der Waals surface area contributed by atoms with Crippen molar-refractivity contribution in [2.75, 3.05) is 0 Å². The van der Waals surface area contributed by atoms with Gasteiger partial charge >= 0.3 is 0 Å². The number of hydrogen-bond donors (Lipinski definition) is 0. The minimum absolute atomic E-state index is 0.311. The molecular formula is C35H48O. The van der Waals surface area contributed by atoms with Gasteiger partial charge in [0.1, 0.15) is 0 Å². The number of aryl methyl sites for hydroxylation is 2. The highest BCUT2D eigenvalue weighted by molar-refractivity contribution is 5.64. The molecule has 0 aliphatic heterocycles. The summed E-state index contributed by atoms with van der Waals surface area (Å²) in [7, 11) is 0. The molecule has 0 saturated carbocycles. The number of benzene rings is 3. The van der Waals surface area contributed by atoms with Gasteiger partial charge in [0, 0.05) is 0 Å². The molecule has 0 spiro atoms. The van der Waals surface area contributed by atoms with Gasteiger partial charge in [0.2, 0.25) is 0 Å². The van der Waals surface area contributed by atoms with Gasteiger partial charge in [0.05, 0.1) is 12.7 Å². The first-order valence-electron chi connectivity index (χ1n) is 14.6. The lowest BCUT2D eigenvalue weighted by Crippen LogP contribution is -2.08. The molecule has 3 rings (SSSR count). The second-order valence-corrected chi connectivity index (χ2v) is 10.5. The van der Waals surface area contributed by atoms with Crippen LogP contribution in [0.25, 0.3) is 11.1 Å². The third kappa shape index (κ3) is 11.1. The summed E-state index contributed by atoms with van der Waals surface area (Å²) in [5.74, 6) is 0. The number of unbranched alkanes of at least 4 members (excludes halogenated alkanes) is 8. The molecule has 0 bridgehead atoms. The molecule has 1 unspecified atom stereocenters. The smallest absolute Gasteiger partial charge is 0.0720 e. The Morgan fingerprint density at radius 3 is 1.58 bits per heavy atom. The molecule has 0 amide bonds. The fourth-order valence-corrected chi connectivity index (χ4v) is 4.85. The summed E-state index contributed by atoms with van der Waals surface area (Å²) in [5, 5.41) is 0. The van der Waals surface area contributed by atoms with E-state index in [2.05, 4.69) is 92.7 Å². The van der Waals surface area contributed by atoms with E-state index in [1.54, 1.807) is 0 Å². The largest absolute Gasteiger partial charge is 0.374 e. The van der Waals surface area contributed by atoms with Gasteiger partial charge in [-0.15, -0.1) is 0 Å². The van der Waals surface area contributed by atoms with Gasteiger partial charge in [-0.3, -0.25) is 0 Å². The minimum Gasteiger partial charge on any atom is -0.374 e.